The lowest BCUT2D eigenvalue weighted by Crippen LogP contribution is -2.37. The Kier molecular flexibility index (Phi) is 2.80. The van der Waals surface area contributed by atoms with E-state index in [9.17, 15) is 13.2 Å². The molecule has 2 atom stereocenters. The number of rotatable bonds is 0. The molecule has 1 aliphatic rings. The summed E-state index contributed by atoms with van der Waals surface area (Å²) in [5, 5.41) is 0. The summed E-state index contributed by atoms with van der Waals surface area (Å²) in [7, 11) is 0. The molecule has 1 nitrogen and oxygen atoms in total. The van der Waals surface area contributed by atoms with Crippen molar-refractivity contribution < 1.29 is 17.9 Å². The Labute approximate surface area is 71.0 Å². The molecule has 1 fully saturated rings. The van der Waals surface area contributed by atoms with E-state index in [1.807, 2.05) is 0 Å². The van der Waals surface area contributed by atoms with E-state index in [4.69, 9.17) is 0 Å². The molecule has 1 aliphatic heterocycles. The molecule has 0 aromatic carbocycles. The van der Waals surface area contributed by atoms with Gasteiger partial charge in [0, 0.05) is 11.4 Å². The lowest BCUT2D eigenvalue weighted by atomic mass is 10.1. The van der Waals surface area contributed by atoms with E-state index >= 15 is 0 Å². The highest BCUT2D eigenvalue weighted by Crippen LogP contribution is 2.31. The largest absolute Gasteiger partial charge is 0.414 e. The van der Waals surface area contributed by atoms with Gasteiger partial charge in [0.05, 0.1) is 0 Å². The summed E-state index contributed by atoms with van der Waals surface area (Å²) in [6.07, 6.45) is -5.08. The number of ether oxygens (including phenoxy) is 1. The predicted molar refractivity (Wildman–Crippen MR) is 37.7 cm³/mol. The molecule has 0 bridgehead atoms. The van der Waals surface area contributed by atoms with Gasteiger partial charge in [-0.3, -0.25) is 0 Å². The molecule has 5 heteroatoms. The molecule has 0 radical (unpaired) electrons. The SMILES string of the molecule is FC(F)(F)C1CC(Br)CCO1. The van der Waals surface area contributed by atoms with Crippen LogP contribution in [0, 0.1) is 0 Å². The van der Waals surface area contributed by atoms with Crippen molar-refractivity contribution in [2.75, 3.05) is 6.61 Å². The molecule has 11 heavy (non-hydrogen) atoms. The first-order chi connectivity index (χ1) is 5.00. The Balaban J connectivity index is 2.46. The molecule has 0 aromatic heterocycles. The van der Waals surface area contributed by atoms with E-state index in [2.05, 4.69) is 20.7 Å². The van der Waals surface area contributed by atoms with Crippen LogP contribution in [-0.4, -0.2) is 23.7 Å². The average molecular weight is 233 g/mol. The first kappa shape index (κ1) is 9.32. The van der Waals surface area contributed by atoms with Crippen molar-refractivity contribution >= 4 is 15.9 Å². The van der Waals surface area contributed by atoms with Gasteiger partial charge in [0.2, 0.25) is 0 Å². The van der Waals surface area contributed by atoms with Crippen LogP contribution >= 0.6 is 15.9 Å². The quantitative estimate of drug-likeness (QED) is 0.584. The fraction of sp³-hybridized carbons (Fsp3) is 1.00. The lowest BCUT2D eigenvalue weighted by molar-refractivity contribution is -0.228. The Morgan fingerprint density at radius 2 is 2.00 bits per heavy atom. The molecule has 0 amide bonds. The molecule has 66 valence electrons. The van der Waals surface area contributed by atoms with Gasteiger partial charge in [0.1, 0.15) is 0 Å². The van der Waals surface area contributed by atoms with Gasteiger partial charge >= 0.3 is 6.18 Å². The van der Waals surface area contributed by atoms with Crippen LogP contribution in [0.25, 0.3) is 0 Å². The molecular weight excluding hydrogens is 225 g/mol. The maximum absolute atomic E-state index is 12.0. The van der Waals surface area contributed by atoms with Crippen molar-refractivity contribution in [1.82, 2.24) is 0 Å². The maximum atomic E-state index is 12.0. The average Bonchev–Trinajstić information content (AvgIpc) is 1.86. The van der Waals surface area contributed by atoms with Crippen LogP contribution in [0.5, 0.6) is 0 Å². The van der Waals surface area contributed by atoms with E-state index in [-0.39, 0.29) is 17.9 Å². The number of hydrogen-bond acceptors (Lipinski definition) is 1. The second-order valence-corrected chi connectivity index (χ2v) is 3.82. The summed E-state index contributed by atoms with van der Waals surface area (Å²) in [6, 6.07) is 0. The van der Waals surface area contributed by atoms with Crippen molar-refractivity contribution in [3.05, 3.63) is 0 Å². The van der Waals surface area contributed by atoms with Gasteiger partial charge in [-0.1, -0.05) is 15.9 Å². The molecule has 0 N–H and O–H groups in total. The Morgan fingerprint density at radius 1 is 1.36 bits per heavy atom. The molecular formula is C6H8BrF3O. The van der Waals surface area contributed by atoms with Gasteiger partial charge in [0.15, 0.2) is 6.10 Å². The lowest BCUT2D eigenvalue weighted by Gasteiger charge is -2.27. The van der Waals surface area contributed by atoms with Crippen molar-refractivity contribution in [3.63, 3.8) is 0 Å². The van der Waals surface area contributed by atoms with Crippen LogP contribution < -0.4 is 0 Å². The van der Waals surface area contributed by atoms with Crippen LogP contribution in [0.3, 0.4) is 0 Å². The normalized spacial score (nSPS) is 33.8. The molecule has 1 saturated heterocycles. The zero-order chi connectivity index (χ0) is 8.48. The van der Waals surface area contributed by atoms with Crippen molar-refractivity contribution in [1.29, 1.82) is 0 Å². The minimum Gasteiger partial charge on any atom is -0.369 e. The van der Waals surface area contributed by atoms with E-state index < -0.39 is 12.3 Å². The van der Waals surface area contributed by atoms with Crippen LogP contribution in [-0.2, 0) is 4.74 Å². The second-order valence-electron chi connectivity index (χ2n) is 2.52. The van der Waals surface area contributed by atoms with Crippen LogP contribution in [0.15, 0.2) is 0 Å². The van der Waals surface area contributed by atoms with Gasteiger partial charge in [-0.05, 0) is 12.8 Å². The van der Waals surface area contributed by atoms with Crippen molar-refractivity contribution in [2.24, 2.45) is 0 Å². The van der Waals surface area contributed by atoms with Crippen LogP contribution in [0.2, 0.25) is 0 Å². The molecule has 0 spiro atoms. The second kappa shape index (κ2) is 3.31. The summed E-state index contributed by atoms with van der Waals surface area (Å²) in [4.78, 5) is -0.0529. The van der Waals surface area contributed by atoms with E-state index in [1.54, 1.807) is 0 Å². The fourth-order valence-electron chi connectivity index (χ4n) is 0.984. The van der Waals surface area contributed by atoms with Crippen LogP contribution in [0.1, 0.15) is 12.8 Å². The van der Waals surface area contributed by atoms with E-state index in [0.717, 1.165) is 0 Å². The molecule has 1 heterocycles. The predicted octanol–water partition coefficient (Wildman–Crippen LogP) is 2.49. The highest BCUT2D eigenvalue weighted by molar-refractivity contribution is 9.09. The van der Waals surface area contributed by atoms with Gasteiger partial charge in [-0.2, -0.15) is 13.2 Å². The first-order valence-electron chi connectivity index (χ1n) is 3.32. The molecule has 0 saturated carbocycles. The first-order valence-corrected chi connectivity index (χ1v) is 4.24. The molecule has 0 aromatic rings. The summed E-state index contributed by atoms with van der Waals surface area (Å²) in [5.41, 5.74) is 0. The Hall–Kier alpha value is 0.230. The third kappa shape index (κ3) is 2.63. The number of hydrogen-bond donors (Lipinski definition) is 0. The summed E-state index contributed by atoms with van der Waals surface area (Å²) < 4.78 is 40.5. The third-order valence-corrected chi connectivity index (χ3v) is 2.42. The number of halogens is 4. The zero-order valence-corrected chi connectivity index (χ0v) is 7.28. The topological polar surface area (TPSA) is 9.23 Å². The van der Waals surface area contributed by atoms with E-state index in [0.29, 0.717) is 6.42 Å². The standard InChI is InChI=1S/C6H8BrF3O/c7-4-1-2-11-5(3-4)6(8,9)10/h4-5H,1-3H2. The molecule has 1 rings (SSSR count). The molecule has 2 unspecified atom stereocenters. The Bertz CT molecular complexity index is 136. The minimum absolute atomic E-state index is 0.0312. The fourth-order valence-corrected chi connectivity index (χ4v) is 1.51. The zero-order valence-electron chi connectivity index (χ0n) is 5.70. The summed E-state index contributed by atoms with van der Waals surface area (Å²) >= 11 is 3.14. The van der Waals surface area contributed by atoms with Gasteiger partial charge < -0.3 is 4.74 Å². The number of alkyl halides is 4. The van der Waals surface area contributed by atoms with Crippen molar-refractivity contribution in [3.8, 4) is 0 Å². The summed E-state index contributed by atoms with van der Waals surface area (Å²) in [6.45, 7) is 0.195. The van der Waals surface area contributed by atoms with E-state index in [1.165, 1.54) is 0 Å². The molecule has 0 aliphatic carbocycles. The third-order valence-electron chi connectivity index (χ3n) is 1.59. The Morgan fingerprint density at radius 3 is 2.36 bits per heavy atom. The minimum atomic E-state index is -4.20. The highest BCUT2D eigenvalue weighted by Gasteiger charge is 2.43. The monoisotopic (exact) mass is 232 g/mol. The highest BCUT2D eigenvalue weighted by atomic mass is 79.9. The smallest absolute Gasteiger partial charge is 0.369 e. The van der Waals surface area contributed by atoms with Crippen LogP contribution in [0.4, 0.5) is 13.2 Å². The maximum Gasteiger partial charge on any atom is 0.414 e. The van der Waals surface area contributed by atoms with Gasteiger partial charge in [0.25, 0.3) is 0 Å². The van der Waals surface area contributed by atoms with Gasteiger partial charge in [-0.25, -0.2) is 0 Å². The summed E-state index contributed by atoms with van der Waals surface area (Å²) in [5.74, 6) is 0. The van der Waals surface area contributed by atoms with Gasteiger partial charge in [-0.15, -0.1) is 0 Å². The van der Waals surface area contributed by atoms with Crippen molar-refractivity contribution in [2.45, 2.75) is 29.9 Å².